The van der Waals surface area contributed by atoms with Crippen molar-refractivity contribution in [2.24, 2.45) is 0 Å². The summed E-state index contributed by atoms with van der Waals surface area (Å²) in [6.45, 7) is 3.28. The molecule has 0 spiro atoms. The van der Waals surface area contributed by atoms with Gasteiger partial charge in [0.2, 0.25) is 18.6 Å². The highest BCUT2D eigenvalue weighted by atomic mass is 16.7. The number of hydrogen-bond acceptors (Lipinski definition) is 4. The lowest BCUT2D eigenvalue weighted by molar-refractivity contribution is -0.130. The van der Waals surface area contributed by atoms with Crippen LogP contribution in [0.1, 0.15) is 19.8 Å². The van der Waals surface area contributed by atoms with Crippen molar-refractivity contribution in [3.05, 3.63) is 18.2 Å². The van der Waals surface area contributed by atoms with Gasteiger partial charge in [0.05, 0.1) is 0 Å². The number of hydrogen-bond donors (Lipinski definition) is 0. The van der Waals surface area contributed by atoms with Crippen LogP contribution in [0.4, 0.5) is 5.69 Å². The summed E-state index contributed by atoms with van der Waals surface area (Å²) < 4.78 is 10.6. The summed E-state index contributed by atoms with van der Waals surface area (Å²) in [5.41, 5.74) is 0.652. The highest BCUT2D eigenvalue weighted by molar-refractivity contribution is 5.97. The maximum Gasteiger partial charge on any atom is 0.242 e. The van der Waals surface area contributed by atoms with Crippen molar-refractivity contribution in [3.63, 3.8) is 0 Å². The van der Waals surface area contributed by atoms with Gasteiger partial charge in [-0.25, -0.2) is 0 Å². The maximum atomic E-state index is 12.2. The number of fused-ring (bicyclic) bond motifs is 1. The van der Waals surface area contributed by atoms with Gasteiger partial charge < -0.3 is 19.3 Å². The summed E-state index contributed by atoms with van der Waals surface area (Å²) in [5, 5.41) is 0. The Hall–Kier alpha value is -2.24. The van der Waals surface area contributed by atoms with Crippen molar-refractivity contribution in [1.29, 1.82) is 0 Å². The number of anilines is 1. The number of benzene rings is 1. The first-order chi connectivity index (χ1) is 10.1. The molecule has 0 aromatic heterocycles. The van der Waals surface area contributed by atoms with Gasteiger partial charge in [-0.1, -0.05) is 0 Å². The van der Waals surface area contributed by atoms with E-state index in [0.717, 1.165) is 25.9 Å². The Morgan fingerprint density at radius 1 is 1.19 bits per heavy atom. The van der Waals surface area contributed by atoms with Crippen LogP contribution >= 0.6 is 0 Å². The second kappa shape index (κ2) is 5.63. The molecule has 2 heterocycles. The fourth-order valence-corrected chi connectivity index (χ4v) is 2.64. The Morgan fingerprint density at radius 3 is 2.62 bits per heavy atom. The molecule has 1 saturated heterocycles. The zero-order valence-corrected chi connectivity index (χ0v) is 12.0. The Bertz CT molecular complexity index is 567. The molecule has 6 nitrogen and oxygen atoms in total. The molecule has 6 heteroatoms. The standard InChI is InChI=1S/C15H18N2O4/c1-11(18)17(9-15(19)16-6-2-3-7-16)12-4-5-13-14(8-12)21-10-20-13/h4-5,8H,2-3,6-7,9-10H2,1H3. The number of carbonyl (C=O) groups is 2. The molecule has 2 aliphatic rings. The molecule has 0 atom stereocenters. The van der Waals surface area contributed by atoms with Gasteiger partial charge in [0, 0.05) is 31.8 Å². The lowest BCUT2D eigenvalue weighted by atomic mass is 10.2. The molecule has 0 bridgehead atoms. The molecule has 1 aromatic rings. The van der Waals surface area contributed by atoms with Gasteiger partial charge in [0.25, 0.3) is 0 Å². The molecule has 1 fully saturated rings. The number of amides is 2. The molecule has 21 heavy (non-hydrogen) atoms. The van der Waals surface area contributed by atoms with E-state index in [2.05, 4.69) is 0 Å². The second-order valence-corrected chi connectivity index (χ2v) is 5.23. The largest absolute Gasteiger partial charge is 0.454 e. The zero-order valence-electron chi connectivity index (χ0n) is 12.0. The molecule has 0 saturated carbocycles. The first-order valence-electron chi connectivity index (χ1n) is 7.10. The minimum atomic E-state index is -0.165. The third kappa shape index (κ3) is 2.79. The topological polar surface area (TPSA) is 59.1 Å². The van der Waals surface area contributed by atoms with Gasteiger partial charge >= 0.3 is 0 Å². The van der Waals surface area contributed by atoms with Crippen LogP contribution in [0.2, 0.25) is 0 Å². The summed E-state index contributed by atoms with van der Waals surface area (Å²) >= 11 is 0. The fraction of sp³-hybridized carbons (Fsp3) is 0.467. The zero-order chi connectivity index (χ0) is 14.8. The van der Waals surface area contributed by atoms with E-state index in [4.69, 9.17) is 9.47 Å². The minimum absolute atomic E-state index is 0.0135. The van der Waals surface area contributed by atoms with E-state index in [1.807, 2.05) is 4.90 Å². The van der Waals surface area contributed by atoms with E-state index in [-0.39, 0.29) is 25.2 Å². The van der Waals surface area contributed by atoms with E-state index in [9.17, 15) is 9.59 Å². The molecule has 0 radical (unpaired) electrons. The first kappa shape index (κ1) is 13.7. The summed E-state index contributed by atoms with van der Waals surface area (Å²) in [4.78, 5) is 27.4. The van der Waals surface area contributed by atoms with Gasteiger partial charge in [-0.15, -0.1) is 0 Å². The van der Waals surface area contributed by atoms with Gasteiger partial charge in [-0.05, 0) is 25.0 Å². The predicted octanol–water partition coefficient (Wildman–Crippen LogP) is 1.39. The number of nitrogens with zero attached hydrogens (tertiary/aromatic N) is 2. The van der Waals surface area contributed by atoms with Crippen LogP contribution in [0, 0.1) is 0 Å². The molecule has 1 aromatic carbocycles. The maximum absolute atomic E-state index is 12.2. The quantitative estimate of drug-likeness (QED) is 0.844. The second-order valence-electron chi connectivity index (χ2n) is 5.23. The monoisotopic (exact) mass is 290 g/mol. The SMILES string of the molecule is CC(=O)N(CC(=O)N1CCCC1)c1ccc2c(c1)OCO2. The smallest absolute Gasteiger partial charge is 0.242 e. The van der Waals surface area contributed by atoms with Crippen LogP contribution in [-0.4, -0.2) is 43.1 Å². The average molecular weight is 290 g/mol. The number of rotatable bonds is 3. The predicted molar refractivity (Wildman–Crippen MR) is 76.4 cm³/mol. The Labute approximate surface area is 123 Å². The third-order valence-electron chi connectivity index (χ3n) is 3.80. The van der Waals surface area contributed by atoms with Crippen LogP contribution in [-0.2, 0) is 9.59 Å². The fourth-order valence-electron chi connectivity index (χ4n) is 2.64. The Kier molecular flexibility index (Phi) is 3.68. The minimum Gasteiger partial charge on any atom is -0.454 e. The van der Waals surface area contributed by atoms with Crippen LogP contribution in [0.25, 0.3) is 0 Å². The average Bonchev–Trinajstić information content (AvgIpc) is 3.13. The molecular weight excluding hydrogens is 272 g/mol. The van der Waals surface area contributed by atoms with Crippen LogP contribution in [0.15, 0.2) is 18.2 Å². The van der Waals surface area contributed by atoms with Gasteiger partial charge in [0.1, 0.15) is 6.54 Å². The van der Waals surface area contributed by atoms with Crippen LogP contribution in [0.3, 0.4) is 0 Å². The summed E-state index contributed by atoms with van der Waals surface area (Å²) in [7, 11) is 0. The van der Waals surface area contributed by atoms with E-state index < -0.39 is 0 Å². The van der Waals surface area contributed by atoms with E-state index >= 15 is 0 Å². The van der Waals surface area contributed by atoms with Gasteiger partial charge in [-0.2, -0.15) is 0 Å². The molecular formula is C15H18N2O4. The Balaban J connectivity index is 1.78. The normalized spacial score (nSPS) is 16.1. The number of ether oxygens (including phenoxy) is 2. The summed E-state index contributed by atoms with van der Waals surface area (Å²) in [6.07, 6.45) is 2.08. The number of carbonyl (C=O) groups excluding carboxylic acids is 2. The first-order valence-corrected chi connectivity index (χ1v) is 7.10. The van der Waals surface area contributed by atoms with Crippen molar-refractivity contribution in [2.45, 2.75) is 19.8 Å². The van der Waals surface area contributed by atoms with E-state index in [1.54, 1.807) is 18.2 Å². The Morgan fingerprint density at radius 2 is 1.90 bits per heavy atom. The van der Waals surface area contributed by atoms with Crippen molar-refractivity contribution < 1.29 is 19.1 Å². The highest BCUT2D eigenvalue weighted by Gasteiger charge is 2.24. The lowest BCUT2D eigenvalue weighted by Gasteiger charge is -2.24. The van der Waals surface area contributed by atoms with E-state index in [0.29, 0.717) is 17.2 Å². The molecule has 2 aliphatic heterocycles. The molecule has 0 unspecified atom stereocenters. The van der Waals surface area contributed by atoms with Crippen molar-refractivity contribution in [1.82, 2.24) is 4.90 Å². The summed E-state index contributed by atoms with van der Waals surface area (Å²) in [5.74, 6) is 1.09. The number of likely N-dealkylation sites (tertiary alicyclic amines) is 1. The third-order valence-corrected chi connectivity index (χ3v) is 3.80. The molecule has 3 rings (SSSR count). The summed E-state index contributed by atoms with van der Waals surface area (Å²) in [6, 6.07) is 5.26. The van der Waals surface area contributed by atoms with Crippen molar-refractivity contribution in [3.8, 4) is 11.5 Å². The van der Waals surface area contributed by atoms with Crippen LogP contribution in [0.5, 0.6) is 11.5 Å². The van der Waals surface area contributed by atoms with Crippen molar-refractivity contribution in [2.75, 3.05) is 31.3 Å². The molecule has 112 valence electrons. The van der Waals surface area contributed by atoms with Gasteiger partial charge in [-0.3, -0.25) is 9.59 Å². The van der Waals surface area contributed by atoms with Crippen LogP contribution < -0.4 is 14.4 Å². The van der Waals surface area contributed by atoms with E-state index in [1.165, 1.54) is 11.8 Å². The highest BCUT2D eigenvalue weighted by Crippen LogP contribution is 2.35. The molecule has 2 amide bonds. The molecule has 0 N–H and O–H groups in total. The van der Waals surface area contributed by atoms with Gasteiger partial charge in [0.15, 0.2) is 11.5 Å². The lowest BCUT2D eigenvalue weighted by Crippen LogP contribution is -2.41. The van der Waals surface area contributed by atoms with Crippen molar-refractivity contribution >= 4 is 17.5 Å². The molecule has 0 aliphatic carbocycles.